The molecule has 3 aliphatic heterocycles. The van der Waals surface area contributed by atoms with Crippen molar-refractivity contribution >= 4 is 25.1 Å². The molecule has 6 rings (SSSR count). The minimum atomic E-state index is -2.79. The summed E-state index contributed by atoms with van der Waals surface area (Å²) < 4.78 is 25.0. The molecule has 5 aliphatic rings. The highest BCUT2D eigenvalue weighted by Crippen LogP contribution is 2.63. The van der Waals surface area contributed by atoms with Crippen molar-refractivity contribution in [3.05, 3.63) is 47.6 Å². The Balaban J connectivity index is 1.17. The molecule has 3 amide bonds. The van der Waals surface area contributed by atoms with E-state index in [0.29, 0.717) is 18.8 Å². The number of carbonyl (C=O) groups excluding carboxylic acids is 3. The van der Waals surface area contributed by atoms with Crippen LogP contribution < -0.4 is 10.1 Å². The number of likely N-dealkylation sites (tertiary alicyclic amines) is 1. The van der Waals surface area contributed by atoms with Crippen molar-refractivity contribution in [2.45, 2.75) is 42.9 Å². The maximum atomic E-state index is 12.6. The van der Waals surface area contributed by atoms with Gasteiger partial charge < -0.3 is 19.7 Å². The van der Waals surface area contributed by atoms with Gasteiger partial charge in [-0.25, -0.2) is 0 Å². The first kappa shape index (κ1) is 25.3. The van der Waals surface area contributed by atoms with Crippen molar-refractivity contribution in [2.75, 3.05) is 39.5 Å². The van der Waals surface area contributed by atoms with E-state index in [1.165, 1.54) is 12.2 Å². The molecule has 1 fully saturated rings. The first-order valence-corrected chi connectivity index (χ1v) is 15.6. The van der Waals surface area contributed by atoms with Crippen LogP contribution in [0.5, 0.6) is 11.5 Å². The number of hydrogen-bond donors (Lipinski definition) is 2. The fourth-order valence-corrected chi connectivity index (χ4v) is 7.83. The first-order chi connectivity index (χ1) is 18.1. The molecule has 202 valence electrons. The number of aromatic hydroxyl groups is 1. The maximum Gasteiger partial charge on any atom is 0.253 e. The highest BCUT2D eigenvalue weighted by Gasteiger charge is 2.65. The molecule has 3 heterocycles. The predicted octanol–water partition coefficient (Wildman–Crippen LogP) is 1.56. The number of phenols is 1. The zero-order valence-electron chi connectivity index (χ0n) is 21.5. The molecule has 10 nitrogen and oxygen atoms in total. The van der Waals surface area contributed by atoms with Gasteiger partial charge in [-0.2, -0.15) is 0 Å². The van der Waals surface area contributed by atoms with Crippen LogP contribution >= 0.6 is 7.37 Å². The number of carbonyl (C=O) groups is 3. The molecule has 5 atom stereocenters. The second kappa shape index (κ2) is 9.07. The number of nitrogens with zero attached hydrogens (tertiary/aromatic N) is 2. The van der Waals surface area contributed by atoms with Gasteiger partial charge >= 0.3 is 0 Å². The third-order valence-corrected chi connectivity index (χ3v) is 9.28. The van der Waals surface area contributed by atoms with Crippen molar-refractivity contribution in [1.29, 1.82) is 0 Å². The van der Waals surface area contributed by atoms with Crippen LogP contribution in [0.15, 0.2) is 36.4 Å². The smallest absolute Gasteiger partial charge is 0.253 e. The third kappa shape index (κ3) is 4.01. The van der Waals surface area contributed by atoms with Crippen molar-refractivity contribution in [3.8, 4) is 11.5 Å². The fourth-order valence-electron chi connectivity index (χ4n) is 7.07. The first-order valence-electron chi connectivity index (χ1n) is 13.1. The summed E-state index contributed by atoms with van der Waals surface area (Å²) in [6.45, 7) is 5.17. The molecule has 0 aromatic heterocycles. The van der Waals surface area contributed by atoms with Crippen molar-refractivity contribution in [1.82, 2.24) is 15.1 Å². The normalized spacial score (nSPS) is 30.9. The zero-order chi connectivity index (χ0) is 26.8. The summed E-state index contributed by atoms with van der Waals surface area (Å²) in [6.07, 6.45) is 7.37. The van der Waals surface area contributed by atoms with Gasteiger partial charge in [0.15, 0.2) is 18.9 Å². The fraction of sp³-hybridized carbons (Fsp3) is 0.519. The Bertz CT molecular complexity index is 1300. The van der Waals surface area contributed by atoms with Gasteiger partial charge in [0.2, 0.25) is 5.91 Å². The lowest BCUT2D eigenvalue weighted by molar-refractivity contribution is -0.137. The number of nitrogens with one attached hydrogen (secondary N) is 1. The third-order valence-electron chi connectivity index (χ3n) is 8.53. The summed E-state index contributed by atoms with van der Waals surface area (Å²) in [5, 5.41) is 13.6. The zero-order valence-corrected chi connectivity index (χ0v) is 22.4. The van der Waals surface area contributed by atoms with Crippen LogP contribution in [0, 0.1) is 5.92 Å². The van der Waals surface area contributed by atoms with Crippen molar-refractivity contribution in [3.63, 3.8) is 0 Å². The number of ether oxygens (including phenoxy) is 1. The molecule has 2 aliphatic carbocycles. The highest BCUT2D eigenvalue weighted by molar-refractivity contribution is 7.57. The molecule has 1 aromatic rings. The molecule has 1 saturated heterocycles. The maximum absolute atomic E-state index is 12.6. The Hall–Kier alpha value is -2.94. The highest BCUT2D eigenvalue weighted by atomic mass is 31.2. The topological polar surface area (TPSA) is 125 Å². The average molecular weight is 542 g/mol. The van der Waals surface area contributed by atoms with Crippen LogP contribution in [0.25, 0.3) is 0 Å². The lowest BCUT2D eigenvalue weighted by atomic mass is 9.53. The quantitative estimate of drug-likeness (QED) is 0.289. The van der Waals surface area contributed by atoms with E-state index in [4.69, 9.17) is 9.26 Å². The molecule has 0 unspecified atom stereocenters. The monoisotopic (exact) mass is 541 g/mol. The number of phenolic OH excluding ortho intramolecular Hbond substituents is 1. The Morgan fingerprint density at radius 2 is 1.97 bits per heavy atom. The van der Waals surface area contributed by atoms with Crippen molar-refractivity contribution in [2.24, 2.45) is 5.92 Å². The predicted molar refractivity (Wildman–Crippen MR) is 138 cm³/mol. The summed E-state index contributed by atoms with van der Waals surface area (Å²) in [5.41, 5.74) is 1.84. The van der Waals surface area contributed by atoms with E-state index in [0.717, 1.165) is 35.4 Å². The number of amides is 3. The van der Waals surface area contributed by atoms with E-state index in [1.807, 2.05) is 12.1 Å². The Labute approximate surface area is 221 Å². The number of rotatable bonds is 8. The van der Waals surface area contributed by atoms with Gasteiger partial charge in [0, 0.05) is 74.5 Å². The standard InChI is InChI=1S/C27H32N3O7P/c1-38(2,35)37-20-6-4-17-18-15-16-3-5-19(31)25-24(16)27(17,26(20)36-25)10-13-29(18)14-11-28-21(32)9-12-30-22(33)7-8-23(30)34/h3-8,17-18,20,26,31H,9-15H2,1-2H3,(H,28,32)/t17-,18+,20-,26-,27-/m0/s1. The largest absolute Gasteiger partial charge is 0.504 e. The number of hydrogen-bond acceptors (Lipinski definition) is 8. The number of imide groups is 1. The lowest BCUT2D eigenvalue weighted by Crippen LogP contribution is -2.66. The van der Waals surface area contributed by atoms with E-state index in [2.05, 4.69) is 16.3 Å². The van der Waals surface area contributed by atoms with E-state index in [9.17, 15) is 24.1 Å². The van der Waals surface area contributed by atoms with Crippen LogP contribution in [0.4, 0.5) is 0 Å². The lowest BCUT2D eigenvalue weighted by Gasteiger charge is -2.57. The summed E-state index contributed by atoms with van der Waals surface area (Å²) in [6, 6.07) is 3.83. The van der Waals surface area contributed by atoms with Gasteiger partial charge in [0.1, 0.15) is 12.2 Å². The van der Waals surface area contributed by atoms with Crippen molar-refractivity contribution < 1.29 is 33.3 Å². The Kier molecular flexibility index (Phi) is 6.05. The van der Waals surface area contributed by atoms with Crippen LogP contribution in [-0.4, -0.2) is 90.4 Å². The molecule has 2 bridgehead atoms. The van der Waals surface area contributed by atoms with Gasteiger partial charge in [-0.3, -0.25) is 28.7 Å². The molecular weight excluding hydrogens is 509 g/mol. The minimum Gasteiger partial charge on any atom is -0.504 e. The molecule has 11 heteroatoms. The van der Waals surface area contributed by atoms with E-state index in [1.54, 1.807) is 19.4 Å². The Morgan fingerprint density at radius 1 is 1.21 bits per heavy atom. The molecular formula is C27H32N3O7P. The molecule has 1 aromatic carbocycles. The van der Waals surface area contributed by atoms with Gasteiger partial charge in [-0.1, -0.05) is 18.2 Å². The van der Waals surface area contributed by atoms with Crippen LogP contribution in [0.3, 0.4) is 0 Å². The SMILES string of the molecule is CP(C)(=O)O[C@H]1C=C[C@H]2[C@H]3Cc4ccc(O)c5c4[C@@]2(CCN3CCNC(=O)CCN2C(=O)C=CC2=O)[C@H]1O5. The van der Waals surface area contributed by atoms with Crippen LogP contribution in [0.1, 0.15) is 24.0 Å². The summed E-state index contributed by atoms with van der Waals surface area (Å²) in [5.74, 6) is -0.200. The minimum absolute atomic E-state index is 0.0653. The van der Waals surface area contributed by atoms with Gasteiger partial charge in [0.25, 0.3) is 11.8 Å². The average Bonchev–Trinajstić information content (AvgIpc) is 3.37. The number of piperidine rings is 1. The molecule has 38 heavy (non-hydrogen) atoms. The Morgan fingerprint density at radius 3 is 2.71 bits per heavy atom. The summed E-state index contributed by atoms with van der Waals surface area (Å²) in [7, 11) is -2.79. The second-order valence-corrected chi connectivity index (χ2v) is 13.8. The van der Waals surface area contributed by atoms with Gasteiger partial charge in [-0.05, 0) is 31.0 Å². The van der Waals surface area contributed by atoms with Gasteiger partial charge in [-0.15, -0.1) is 0 Å². The van der Waals surface area contributed by atoms with E-state index in [-0.39, 0.29) is 59.9 Å². The molecule has 0 saturated carbocycles. The number of benzene rings is 1. The molecule has 2 N–H and O–H groups in total. The van der Waals surface area contributed by atoms with Gasteiger partial charge in [0.05, 0.1) is 0 Å². The molecule has 1 spiro atoms. The summed E-state index contributed by atoms with van der Waals surface area (Å²) >= 11 is 0. The van der Waals surface area contributed by atoms with E-state index < -0.39 is 13.5 Å². The van der Waals surface area contributed by atoms with Crippen LogP contribution in [-0.2, 0) is 35.3 Å². The van der Waals surface area contributed by atoms with E-state index >= 15 is 0 Å². The molecule has 0 radical (unpaired) electrons. The summed E-state index contributed by atoms with van der Waals surface area (Å²) in [4.78, 5) is 39.2. The second-order valence-electron chi connectivity index (χ2n) is 11.1. The van der Waals surface area contributed by atoms with Crippen LogP contribution in [0.2, 0.25) is 0 Å².